The molecule has 2 heterocycles. The van der Waals surface area contributed by atoms with E-state index in [2.05, 4.69) is 15.3 Å². The zero-order chi connectivity index (χ0) is 11.2. The Morgan fingerprint density at radius 3 is 3.25 bits per heavy atom. The average Bonchev–Trinajstić information content (AvgIpc) is 2.82. The van der Waals surface area contributed by atoms with Crippen LogP contribution in [0.5, 0.6) is 5.88 Å². The lowest BCUT2D eigenvalue weighted by atomic mass is 10.2. The van der Waals surface area contributed by atoms with Crippen LogP contribution in [0.4, 0.5) is 5.82 Å². The van der Waals surface area contributed by atoms with Gasteiger partial charge in [-0.2, -0.15) is 0 Å². The second-order valence-corrected chi connectivity index (χ2v) is 3.80. The Balaban J connectivity index is 1.75. The molecule has 16 heavy (non-hydrogen) atoms. The summed E-state index contributed by atoms with van der Waals surface area (Å²) < 4.78 is 10.6. The number of ether oxygens (including phenoxy) is 2. The van der Waals surface area contributed by atoms with Crippen molar-refractivity contribution < 1.29 is 9.47 Å². The maximum Gasteiger partial charge on any atom is 0.218 e. The molecule has 0 radical (unpaired) electrons. The molecule has 0 aromatic carbocycles. The first-order valence-electron chi connectivity index (χ1n) is 5.60. The molecule has 1 aromatic rings. The lowest BCUT2D eigenvalue weighted by Gasteiger charge is -2.10. The maximum absolute atomic E-state index is 5.54. The van der Waals surface area contributed by atoms with Crippen molar-refractivity contribution in [3.63, 3.8) is 0 Å². The predicted octanol–water partition coefficient (Wildman–Crippen LogP) is 1.47. The van der Waals surface area contributed by atoms with Crippen LogP contribution in [-0.2, 0) is 4.74 Å². The zero-order valence-corrected chi connectivity index (χ0v) is 9.48. The van der Waals surface area contributed by atoms with Crippen molar-refractivity contribution in [3.05, 3.63) is 12.4 Å². The third kappa shape index (κ3) is 3.06. The lowest BCUT2D eigenvalue weighted by Crippen LogP contribution is -2.13. The standard InChI is InChI=1S/C11H17N3O2/c1-15-11-7-10(13-8-14-11)12-5-4-9-3-2-6-16-9/h7-9H,2-6H2,1H3,(H,12,13,14). The second kappa shape index (κ2) is 5.65. The average molecular weight is 223 g/mol. The van der Waals surface area contributed by atoms with Crippen LogP contribution in [-0.4, -0.2) is 36.3 Å². The van der Waals surface area contributed by atoms with Crippen molar-refractivity contribution in [2.24, 2.45) is 0 Å². The van der Waals surface area contributed by atoms with Crippen LogP contribution >= 0.6 is 0 Å². The second-order valence-electron chi connectivity index (χ2n) is 3.80. The largest absolute Gasteiger partial charge is 0.481 e. The van der Waals surface area contributed by atoms with Crippen LogP contribution in [0, 0.1) is 0 Å². The summed E-state index contributed by atoms with van der Waals surface area (Å²) in [6.45, 7) is 1.77. The molecule has 0 saturated carbocycles. The third-order valence-corrected chi connectivity index (χ3v) is 2.65. The minimum absolute atomic E-state index is 0.413. The lowest BCUT2D eigenvalue weighted by molar-refractivity contribution is 0.107. The van der Waals surface area contributed by atoms with Crippen LogP contribution in [0.3, 0.4) is 0 Å². The molecule has 5 heteroatoms. The number of nitrogens with zero attached hydrogens (tertiary/aromatic N) is 2. The molecule has 1 N–H and O–H groups in total. The molecule has 1 aromatic heterocycles. The summed E-state index contributed by atoms with van der Waals surface area (Å²) in [5.74, 6) is 1.37. The van der Waals surface area contributed by atoms with Gasteiger partial charge in [-0.05, 0) is 19.3 Å². The van der Waals surface area contributed by atoms with E-state index in [-0.39, 0.29) is 0 Å². The summed E-state index contributed by atoms with van der Waals surface area (Å²) in [6.07, 6.45) is 5.29. The van der Waals surface area contributed by atoms with Crippen molar-refractivity contribution in [1.82, 2.24) is 9.97 Å². The number of anilines is 1. The van der Waals surface area contributed by atoms with Gasteiger partial charge < -0.3 is 14.8 Å². The van der Waals surface area contributed by atoms with Gasteiger partial charge in [-0.25, -0.2) is 9.97 Å². The van der Waals surface area contributed by atoms with Gasteiger partial charge in [-0.15, -0.1) is 0 Å². The predicted molar refractivity (Wildman–Crippen MR) is 60.7 cm³/mol. The number of aromatic nitrogens is 2. The van der Waals surface area contributed by atoms with Crippen LogP contribution in [0.1, 0.15) is 19.3 Å². The Bertz CT molecular complexity index is 327. The summed E-state index contributed by atoms with van der Waals surface area (Å²) in [5, 5.41) is 3.24. The van der Waals surface area contributed by atoms with E-state index in [4.69, 9.17) is 9.47 Å². The summed E-state index contributed by atoms with van der Waals surface area (Å²) >= 11 is 0. The first-order chi connectivity index (χ1) is 7.88. The van der Waals surface area contributed by atoms with Gasteiger partial charge in [0.05, 0.1) is 13.2 Å². The highest BCUT2D eigenvalue weighted by molar-refractivity contribution is 5.36. The van der Waals surface area contributed by atoms with Gasteiger partial charge in [0.25, 0.3) is 0 Å². The molecule has 1 atom stereocenters. The molecule has 0 amide bonds. The molecule has 0 spiro atoms. The highest BCUT2D eigenvalue weighted by Crippen LogP contribution is 2.16. The highest BCUT2D eigenvalue weighted by Gasteiger charge is 2.14. The van der Waals surface area contributed by atoms with Crippen molar-refractivity contribution in [3.8, 4) is 5.88 Å². The summed E-state index contributed by atoms with van der Waals surface area (Å²) in [5.41, 5.74) is 0. The first kappa shape index (κ1) is 11.1. The SMILES string of the molecule is COc1cc(NCCC2CCCO2)ncn1. The van der Waals surface area contributed by atoms with E-state index >= 15 is 0 Å². The quantitative estimate of drug-likeness (QED) is 0.819. The molecule has 1 aliphatic heterocycles. The van der Waals surface area contributed by atoms with Crippen molar-refractivity contribution >= 4 is 5.82 Å². The van der Waals surface area contributed by atoms with Gasteiger partial charge in [-0.1, -0.05) is 0 Å². The molecule has 0 aliphatic carbocycles. The number of rotatable bonds is 5. The van der Waals surface area contributed by atoms with Crippen LogP contribution < -0.4 is 10.1 Å². The minimum atomic E-state index is 0.413. The van der Waals surface area contributed by atoms with Crippen LogP contribution in [0.15, 0.2) is 12.4 Å². The molecule has 1 unspecified atom stereocenters. The monoisotopic (exact) mass is 223 g/mol. The van der Waals surface area contributed by atoms with Crippen molar-refractivity contribution in [2.45, 2.75) is 25.4 Å². The normalized spacial score (nSPS) is 19.7. The summed E-state index contributed by atoms with van der Waals surface area (Å²) in [7, 11) is 1.60. The van der Waals surface area contributed by atoms with Crippen LogP contribution in [0.25, 0.3) is 0 Å². The van der Waals surface area contributed by atoms with E-state index in [1.165, 1.54) is 19.2 Å². The molecule has 1 aliphatic rings. The van der Waals surface area contributed by atoms with Gasteiger partial charge in [0.1, 0.15) is 12.1 Å². The van der Waals surface area contributed by atoms with Gasteiger partial charge in [0.2, 0.25) is 5.88 Å². The molecule has 1 saturated heterocycles. The summed E-state index contributed by atoms with van der Waals surface area (Å²) in [4.78, 5) is 8.05. The van der Waals surface area contributed by atoms with Gasteiger partial charge in [0.15, 0.2) is 0 Å². The van der Waals surface area contributed by atoms with E-state index in [0.717, 1.165) is 25.4 Å². The number of nitrogens with one attached hydrogen (secondary N) is 1. The fourth-order valence-electron chi connectivity index (χ4n) is 1.78. The van der Waals surface area contributed by atoms with E-state index < -0.39 is 0 Å². The Kier molecular flexibility index (Phi) is 3.93. The molecule has 2 rings (SSSR count). The molecule has 0 bridgehead atoms. The smallest absolute Gasteiger partial charge is 0.218 e. The molecule has 88 valence electrons. The highest BCUT2D eigenvalue weighted by atomic mass is 16.5. The Morgan fingerprint density at radius 1 is 1.56 bits per heavy atom. The molecular weight excluding hydrogens is 206 g/mol. The Labute approximate surface area is 95.2 Å². The van der Waals surface area contributed by atoms with E-state index in [1.807, 2.05) is 0 Å². The third-order valence-electron chi connectivity index (χ3n) is 2.65. The zero-order valence-electron chi connectivity index (χ0n) is 9.48. The molecular formula is C11H17N3O2. The number of methoxy groups -OCH3 is 1. The number of hydrogen-bond acceptors (Lipinski definition) is 5. The summed E-state index contributed by atoms with van der Waals surface area (Å²) in [6, 6.07) is 1.79. The molecule has 1 fully saturated rings. The van der Waals surface area contributed by atoms with Crippen molar-refractivity contribution in [2.75, 3.05) is 25.6 Å². The Hall–Kier alpha value is -1.36. The topological polar surface area (TPSA) is 56.3 Å². The van der Waals surface area contributed by atoms with E-state index in [0.29, 0.717) is 12.0 Å². The van der Waals surface area contributed by atoms with Crippen molar-refractivity contribution in [1.29, 1.82) is 0 Å². The fraction of sp³-hybridized carbons (Fsp3) is 0.636. The fourth-order valence-corrected chi connectivity index (χ4v) is 1.78. The van der Waals surface area contributed by atoms with E-state index in [9.17, 15) is 0 Å². The van der Waals surface area contributed by atoms with E-state index in [1.54, 1.807) is 13.2 Å². The van der Waals surface area contributed by atoms with Gasteiger partial charge in [0, 0.05) is 19.2 Å². The first-order valence-corrected chi connectivity index (χ1v) is 5.60. The van der Waals surface area contributed by atoms with Gasteiger partial charge >= 0.3 is 0 Å². The minimum Gasteiger partial charge on any atom is -0.481 e. The van der Waals surface area contributed by atoms with Gasteiger partial charge in [-0.3, -0.25) is 0 Å². The Morgan fingerprint density at radius 2 is 2.50 bits per heavy atom. The maximum atomic E-state index is 5.54. The van der Waals surface area contributed by atoms with Crippen LogP contribution in [0.2, 0.25) is 0 Å². The number of hydrogen-bond donors (Lipinski definition) is 1. The molecule has 5 nitrogen and oxygen atoms in total.